The van der Waals surface area contributed by atoms with E-state index in [1.54, 1.807) is 59.5 Å². The fourth-order valence-electron chi connectivity index (χ4n) is 6.35. The van der Waals surface area contributed by atoms with Gasteiger partial charge in [0.05, 0.1) is 17.6 Å². The molecule has 3 aromatic rings. The first-order valence-electron chi connectivity index (χ1n) is 11.7. The number of carbonyl (C=O) groups is 3. The van der Waals surface area contributed by atoms with Gasteiger partial charge < -0.3 is 4.90 Å². The Hall–Kier alpha value is -3.71. The second-order valence-corrected chi connectivity index (χ2v) is 10.1. The number of halogens is 4. The number of rotatable bonds is 2. The Labute approximate surface area is 215 Å². The van der Waals surface area contributed by atoms with E-state index < -0.39 is 46.7 Å². The minimum absolute atomic E-state index is 0.254. The fourth-order valence-corrected chi connectivity index (χ4v) is 6.53. The highest BCUT2D eigenvalue weighted by atomic mass is 35.5. The van der Waals surface area contributed by atoms with Gasteiger partial charge in [-0.1, -0.05) is 60.2 Å². The van der Waals surface area contributed by atoms with E-state index in [4.69, 9.17) is 11.6 Å². The highest BCUT2D eigenvalue weighted by molar-refractivity contribution is 6.32. The van der Waals surface area contributed by atoms with Crippen molar-refractivity contribution in [1.29, 1.82) is 0 Å². The van der Waals surface area contributed by atoms with Crippen LogP contribution in [0.5, 0.6) is 0 Å². The molecule has 4 nitrogen and oxygen atoms in total. The van der Waals surface area contributed by atoms with Crippen molar-refractivity contribution in [2.24, 2.45) is 5.41 Å². The Kier molecular flexibility index (Phi) is 5.05. The third kappa shape index (κ3) is 3.13. The van der Waals surface area contributed by atoms with Crippen molar-refractivity contribution in [2.75, 3.05) is 4.90 Å². The average Bonchev–Trinajstić information content (AvgIpc) is 3.30. The SMILES string of the molecule is CC(=O)C1C(c2ccc(C(F)(F)F)cc2)C2(C(=O)c3ccccc3C2=O)C2C=Cc3cc(Cl)ccc3N12. The predicted molar refractivity (Wildman–Crippen MR) is 133 cm³/mol. The van der Waals surface area contributed by atoms with Crippen molar-refractivity contribution in [3.8, 4) is 0 Å². The number of hydrogen-bond donors (Lipinski definition) is 0. The van der Waals surface area contributed by atoms with Crippen molar-refractivity contribution in [1.82, 2.24) is 0 Å². The summed E-state index contributed by atoms with van der Waals surface area (Å²) in [5, 5.41) is 0.481. The topological polar surface area (TPSA) is 54.5 Å². The van der Waals surface area contributed by atoms with E-state index in [0.717, 1.165) is 12.1 Å². The molecule has 0 aromatic heterocycles. The number of ketones is 3. The number of anilines is 1. The van der Waals surface area contributed by atoms with Crippen LogP contribution in [0.1, 0.15) is 50.2 Å². The van der Waals surface area contributed by atoms with Crippen LogP contribution < -0.4 is 4.90 Å². The molecule has 8 heteroatoms. The van der Waals surface area contributed by atoms with Crippen molar-refractivity contribution in [2.45, 2.75) is 31.1 Å². The maximum Gasteiger partial charge on any atom is 0.416 e. The normalized spacial score (nSPS) is 23.3. The fraction of sp³-hybridized carbons (Fsp3) is 0.207. The van der Waals surface area contributed by atoms with Crippen LogP contribution in [0.2, 0.25) is 5.02 Å². The van der Waals surface area contributed by atoms with E-state index in [1.165, 1.54) is 19.1 Å². The van der Waals surface area contributed by atoms with E-state index in [0.29, 0.717) is 21.8 Å². The summed E-state index contributed by atoms with van der Waals surface area (Å²) in [4.78, 5) is 43.6. The minimum atomic E-state index is -4.56. The van der Waals surface area contributed by atoms with E-state index in [-0.39, 0.29) is 16.9 Å². The van der Waals surface area contributed by atoms with Crippen LogP contribution in [0, 0.1) is 5.41 Å². The zero-order valence-corrected chi connectivity index (χ0v) is 20.2. The summed E-state index contributed by atoms with van der Waals surface area (Å²) in [5.41, 5.74) is -0.411. The van der Waals surface area contributed by atoms with Crippen LogP contribution in [0.3, 0.4) is 0 Å². The lowest BCUT2D eigenvalue weighted by atomic mass is 9.64. The van der Waals surface area contributed by atoms with E-state index in [9.17, 15) is 27.6 Å². The number of alkyl halides is 3. The molecule has 1 fully saturated rings. The molecule has 3 atom stereocenters. The molecule has 0 amide bonds. The highest BCUT2D eigenvalue weighted by Crippen LogP contribution is 2.60. The van der Waals surface area contributed by atoms with Gasteiger partial charge >= 0.3 is 6.18 Å². The van der Waals surface area contributed by atoms with Crippen molar-refractivity contribution < 1.29 is 27.6 Å². The first-order valence-corrected chi connectivity index (χ1v) is 12.1. The zero-order valence-electron chi connectivity index (χ0n) is 19.4. The average molecular weight is 522 g/mol. The van der Waals surface area contributed by atoms with Crippen molar-refractivity contribution in [3.63, 3.8) is 0 Å². The summed E-state index contributed by atoms with van der Waals surface area (Å²) in [6.07, 6.45) is -1.04. The second kappa shape index (κ2) is 7.89. The Morgan fingerprint density at radius 3 is 2.14 bits per heavy atom. The molecule has 0 N–H and O–H groups in total. The van der Waals surface area contributed by atoms with Gasteiger partial charge in [-0.2, -0.15) is 13.2 Å². The van der Waals surface area contributed by atoms with Gasteiger partial charge in [-0.25, -0.2) is 0 Å². The molecule has 37 heavy (non-hydrogen) atoms. The highest BCUT2D eigenvalue weighted by Gasteiger charge is 2.71. The largest absolute Gasteiger partial charge is 0.416 e. The number of hydrogen-bond acceptors (Lipinski definition) is 4. The van der Waals surface area contributed by atoms with Gasteiger partial charge in [-0.3, -0.25) is 14.4 Å². The number of benzene rings is 3. The van der Waals surface area contributed by atoms with E-state index in [1.807, 2.05) is 0 Å². The van der Waals surface area contributed by atoms with Crippen LogP contribution in [0.4, 0.5) is 18.9 Å². The third-order valence-corrected chi connectivity index (χ3v) is 8.01. The minimum Gasteiger partial charge on any atom is -0.352 e. The number of carbonyl (C=O) groups excluding carboxylic acids is 3. The van der Waals surface area contributed by atoms with E-state index in [2.05, 4.69) is 0 Å². The van der Waals surface area contributed by atoms with Crippen molar-refractivity contribution >= 4 is 40.7 Å². The van der Waals surface area contributed by atoms with Gasteiger partial charge in [0, 0.05) is 27.8 Å². The molecular weight excluding hydrogens is 503 g/mol. The van der Waals surface area contributed by atoms with Crippen LogP contribution in [0.15, 0.2) is 72.8 Å². The summed E-state index contributed by atoms with van der Waals surface area (Å²) in [6, 6.07) is 14.2. The Bertz CT molecular complexity index is 1490. The summed E-state index contributed by atoms with van der Waals surface area (Å²) in [5.74, 6) is -2.19. The Morgan fingerprint density at radius 2 is 1.57 bits per heavy atom. The summed E-state index contributed by atoms with van der Waals surface area (Å²) in [6.45, 7) is 1.38. The summed E-state index contributed by atoms with van der Waals surface area (Å²) >= 11 is 6.20. The zero-order chi connectivity index (χ0) is 26.3. The maximum atomic E-state index is 14.2. The molecule has 3 aliphatic rings. The molecule has 2 aliphatic heterocycles. The van der Waals surface area contributed by atoms with Crippen LogP contribution in [-0.4, -0.2) is 29.4 Å². The molecule has 0 radical (unpaired) electrons. The monoisotopic (exact) mass is 521 g/mol. The van der Waals surface area contributed by atoms with Crippen LogP contribution >= 0.6 is 11.6 Å². The Balaban J connectivity index is 1.64. The number of Topliss-reactive ketones (excluding diaryl/α,β-unsaturated/α-hetero) is 3. The van der Waals surface area contributed by atoms with Crippen LogP contribution in [0.25, 0.3) is 6.08 Å². The van der Waals surface area contributed by atoms with Gasteiger partial charge in [-0.15, -0.1) is 0 Å². The molecule has 6 rings (SSSR count). The van der Waals surface area contributed by atoms with Gasteiger partial charge in [0.25, 0.3) is 0 Å². The number of fused-ring (bicyclic) bond motifs is 5. The first-order chi connectivity index (χ1) is 17.6. The summed E-state index contributed by atoms with van der Waals surface area (Å²) in [7, 11) is 0. The standard InChI is InChI=1S/C29H19ClF3NO3/c1-15(35)25-24(16-6-9-18(10-7-16)29(31,32)33)28(26(36)20-4-2-3-5-21(20)27(28)37)23-13-8-17-14-19(30)11-12-22(17)34(23)25/h2-14,23-25H,1H3. The summed E-state index contributed by atoms with van der Waals surface area (Å²) < 4.78 is 40.0. The van der Waals surface area contributed by atoms with Gasteiger partial charge in [0.15, 0.2) is 17.3 Å². The molecule has 186 valence electrons. The quantitative estimate of drug-likeness (QED) is 0.367. The lowest BCUT2D eigenvalue weighted by Gasteiger charge is -2.37. The molecule has 3 aromatic carbocycles. The molecule has 1 saturated heterocycles. The first kappa shape index (κ1) is 23.7. The van der Waals surface area contributed by atoms with Crippen molar-refractivity contribution in [3.05, 3.63) is 106 Å². The lowest BCUT2D eigenvalue weighted by molar-refractivity contribution is -0.137. The lowest BCUT2D eigenvalue weighted by Crippen LogP contribution is -2.48. The predicted octanol–water partition coefficient (Wildman–Crippen LogP) is 6.38. The van der Waals surface area contributed by atoms with Crippen LogP contribution in [-0.2, 0) is 11.0 Å². The molecular formula is C29H19ClF3NO3. The molecule has 0 saturated carbocycles. The Morgan fingerprint density at radius 1 is 0.946 bits per heavy atom. The molecule has 2 heterocycles. The molecule has 0 bridgehead atoms. The number of nitrogens with zero attached hydrogens (tertiary/aromatic N) is 1. The molecule has 1 spiro atoms. The smallest absolute Gasteiger partial charge is 0.352 e. The molecule has 1 aliphatic carbocycles. The van der Waals surface area contributed by atoms with Gasteiger partial charge in [-0.05, 0) is 48.4 Å². The molecule has 3 unspecified atom stereocenters. The van der Waals surface area contributed by atoms with Gasteiger partial charge in [0.1, 0.15) is 5.41 Å². The maximum absolute atomic E-state index is 14.2. The van der Waals surface area contributed by atoms with Gasteiger partial charge in [0.2, 0.25) is 0 Å². The second-order valence-electron chi connectivity index (χ2n) is 9.64. The third-order valence-electron chi connectivity index (χ3n) is 7.78. The van der Waals surface area contributed by atoms with E-state index >= 15 is 0 Å².